The summed E-state index contributed by atoms with van der Waals surface area (Å²) in [4.78, 5) is 14.5. The van der Waals surface area contributed by atoms with Gasteiger partial charge in [0.15, 0.2) is 0 Å². The molecule has 0 radical (unpaired) electrons. The fourth-order valence-electron chi connectivity index (χ4n) is 2.64. The van der Waals surface area contributed by atoms with Crippen LogP contribution in [0.25, 0.3) is 0 Å². The molecule has 1 aliphatic rings. The Kier molecular flexibility index (Phi) is 5.41. The molecule has 0 bridgehead atoms. The van der Waals surface area contributed by atoms with Crippen LogP contribution in [0.15, 0.2) is 18.2 Å². The maximum atomic E-state index is 12.5. The highest BCUT2D eigenvalue weighted by Gasteiger charge is 2.25. The Morgan fingerprint density at radius 2 is 2.29 bits per heavy atom. The summed E-state index contributed by atoms with van der Waals surface area (Å²) in [5.74, 6) is 6.71. The van der Waals surface area contributed by atoms with E-state index in [0.29, 0.717) is 17.9 Å². The van der Waals surface area contributed by atoms with Crippen molar-refractivity contribution in [3.8, 4) is 11.8 Å². The summed E-state index contributed by atoms with van der Waals surface area (Å²) < 4.78 is 0. The molecular weight excluding hydrogens is 262 g/mol. The molecule has 1 aromatic carbocycles. The molecule has 0 aromatic heterocycles. The Labute approximate surface area is 127 Å². The van der Waals surface area contributed by atoms with Crippen LogP contribution in [0.1, 0.15) is 47.7 Å². The van der Waals surface area contributed by atoms with Crippen molar-refractivity contribution in [2.24, 2.45) is 5.92 Å². The quantitative estimate of drug-likeness (QED) is 0.867. The molecule has 0 saturated carbocycles. The number of aliphatic hydroxyl groups excluding tert-OH is 1. The molecule has 1 aliphatic heterocycles. The van der Waals surface area contributed by atoms with Crippen LogP contribution in [0, 0.1) is 24.7 Å². The molecule has 0 aliphatic carbocycles. The maximum Gasteiger partial charge on any atom is 0.253 e. The number of hydrogen-bond acceptors (Lipinski definition) is 2. The summed E-state index contributed by atoms with van der Waals surface area (Å²) in [6, 6.07) is 5.71. The smallest absolute Gasteiger partial charge is 0.253 e. The van der Waals surface area contributed by atoms with Crippen LogP contribution >= 0.6 is 0 Å². The van der Waals surface area contributed by atoms with Crippen LogP contribution in [0.3, 0.4) is 0 Å². The standard InChI is InChI=1S/C18H23NO2/c1-3-15-9-10-19(13-15)18(21)17-8-7-14(2)16(12-17)6-4-5-11-20/h7-8,12,15,20H,3,5,9-11,13H2,1-2H3. The molecule has 3 nitrogen and oxygen atoms in total. The molecule has 1 heterocycles. The van der Waals surface area contributed by atoms with Crippen molar-refractivity contribution in [1.82, 2.24) is 4.90 Å². The van der Waals surface area contributed by atoms with E-state index < -0.39 is 0 Å². The van der Waals surface area contributed by atoms with Crippen molar-refractivity contribution < 1.29 is 9.90 Å². The van der Waals surface area contributed by atoms with Crippen LogP contribution in [0.5, 0.6) is 0 Å². The summed E-state index contributed by atoms with van der Waals surface area (Å²) in [6.45, 7) is 5.96. The summed E-state index contributed by atoms with van der Waals surface area (Å²) in [5.41, 5.74) is 2.65. The molecular formula is C18H23NO2. The molecule has 1 atom stereocenters. The molecule has 1 aromatic rings. The lowest BCUT2D eigenvalue weighted by Crippen LogP contribution is -2.28. The Morgan fingerprint density at radius 1 is 1.48 bits per heavy atom. The molecule has 2 rings (SSSR count). The number of rotatable bonds is 3. The van der Waals surface area contributed by atoms with Gasteiger partial charge >= 0.3 is 0 Å². The molecule has 1 fully saturated rings. The van der Waals surface area contributed by atoms with Crippen LogP contribution in [-0.2, 0) is 0 Å². The Hall–Kier alpha value is -1.79. The van der Waals surface area contributed by atoms with Gasteiger partial charge < -0.3 is 10.0 Å². The number of amides is 1. The van der Waals surface area contributed by atoms with E-state index in [4.69, 9.17) is 5.11 Å². The number of hydrogen-bond donors (Lipinski definition) is 1. The third-order valence-corrected chi connectivity index (χ3v) is 4.09. The Balaban J connectivity index is 2.15. The molecule has 112 valence electrons. The SMILES string of the molecule is CCC1CCN(C(=O)c2ccc(C)c(C#CCCO)c2)C1. The number of carbonyl (C=O) groups is 1. The number of aryl methyl sites for hydroxylation is 1. The number of benzene rings is 1. The van der Waals surface area contributed by atoms with E-state index in [0.717, 1.165) is 37.1 Å². The van der Waals surface area contributed by atoms with Crippen LogP contribution in [0.2, 0.25) is 0 Å². The second-order valence-corrected chi connectivity index (χ2v) is 5.62. The lowest BCUT2D eigenvalue weighted by molar-refractivity contribution is 0.0787. The minimum absolute atomic E-state index is 0.0663. The topological polar surface area (TPSA) is 40.5 Å². The lowest BCUT2D eigenvalue weighted by Gasteiger charge is -2.16. The minimum Gasteiger partial charge on any atom is -0.395 e. The van der Waals surface area contributed by atoms with Gasteiger partial charge in [-0.1, -0.05) is 31.3 Å². The third kappa shape index (κ3) is 3.86. The fraction of sp³-hybridized carbons (Fsp3) is 0.500. The van der Waals surface area contributed by atoms with Gasteiger partial charge in [0.25, 0.3) is 5.91 Å². The Bertz CT molecular complexity index is 568. The zero-order chi connectivity index (χ0) is 15.2. The number of nitrogens with zero attached hydrogens (tertiary/aromatic N) is 1. The first-order chi connectivity index (χ1) is 10.2. The number of likely N-dealkylation sites (tertiary alicyclic amines) is 1. The molecule has 1 N–H and O–H groups in total. The van der Waals surface area contributed by atoms with E-state index >= 15 is 0 Å². The van der Waals surface area contributed by atoms with Gasteiger partial charge in [0.1, 0.15) is 0 Å². The molecule has 1 saturated heterocycles. The predicted molar refractivity (Wildman–Crippen MR) is 84.1 cm³/mol. The van der Waals surface area contributed by atoms with E-state index in [1.807, 2.05) is 30.0 Å². The van der Waals surface area contributed by atoms with Crippen molar-refractivity contribution in [2.45, 2.75) is 33.1 Å². The highest BCUT2D eigenvalue weighted by atomic mass is 16.2. The van der Waals surface area contributed by atoms with E-state index in [1.54, 1.807) is 0 Å². The lowest BCUT2D eigenvalue weighted by atomic mass is 10.0. The first kappa shape index (κ1) is 15.6. The minimum atomic E-state index is 0.0663. The number of carbonyl (C=O) groups excluding carboxylic acids is 1. The van der Waals surface area contributed by atoms with Crippen LogP contribution in [0.4, 0.5) is 0 Å². The molecule has 21 heavy (non-hydrogen) atoms. The predicted octanol–water partition coefficient (Wildman–Crippen LogP) is 2.60. The summed E-state index contributed by atoms with van der Waals surface area (Å²) in [6.07, 6.45) is 2.70. The van der Waals surface area contributed by atoms with Crippen LogP contribution in [-0.4, -0.2) is 35.6 Å². The normalized spacial score (nSPS) is 17.5. The zero-order valence-electron chi connectivity index (χ0n) is 12.9. The number of aliphatic hydroxyl groups is 1. The van der Waals surface area contributed by atoms with E-state index in [-0.39, 0.29) is 12.5 Å². The summed E-state index contributed by atoms with van der Waals surface area (Å²) in [5, 5.41) is 8.78. The van der Waals surface area contributed by atoms with Crippen molar-refractivity contribution in [3.05, 3.63) is 34.9 Å². The monoisotopic (exact) mass is 285 g/mol. The average Bonchev–Trinajstić information content (AvgIpc) is 2.97. The van der Waals surface area contributed by atoms with Crippen molar-refractivity contribution in [3.63, 3.8) is 0 Å². The average molecular weight is 285 g/mol. The third-order valence-electron chi connectivity index (χ3n) is 4.09. The summed E-state index contributed by atoms with van der Waals surface area (Å²) in [7, 11) is 0. The van der Waals surface area contributed by atoms with Gasteiger partial charge in [0, 0.05) is 30.6 Å². The van der Waals surface area contributed by atoms with Gasteiger partial charge in [-0.05, 0) is 37.0 Å². The molecule has 3 heteroatoms. The maximum absolute atomic E-state index is 12.5. The second kappa shape index (κ2) is 7.28. The largest absolute Gasteiger partial charge is 0.395 e. The molecule has 0 spiro atoms. The highest BCUT2D eigenvalue weighted by Crippen LogP contribution is 2.21. The van der Waals surface area contributed by atoms with Gasteiger partial charge in [-0.3, -0.25) is 4.79 Å². The van der Waals surface area contributed by atoms with Gasteiger partial charge in [0.2, 0.25) is 0 Å². The highest BCUT2D eigenvalue weighted by molar-refractivity contribution is 5.94. The van der Waals surface area contributed by atoms with Crippen molar-refractivity contribution >= 4 is 5.91 Å². The Morgan fingerprint density at radius 3 is 2.95 bits per heavy atom. The van der Waals surface area contributed by atoms with Gasteiger partial charge in [-0.2, -0.15) is 0 Å². The molecule has 1 amide bonds. The van der Waals surface area contributed by atoms with Gasteiger partial charge in [-0.25, -0.2) is 0 Å². The van der Waals surface area contributed by atoms with E-state index in [9.17, 15) is 4.79 Å². The summed E-state index contributed by atoms with van der Waals surface area (Å²) >= 11 is 0. The van der Waals surface area contributed by atoms with Gasteiger partial charge in [0.05, 0.1) is 6.61 Å². The van der Waals surface area contributed by atoms with Crippen molar-refractivity contribution in [1.29, 1.82) is 0 Å². The van der Waals surface area contributed by atoms with Crippen LogP contribution < -0.4 is 0 Å². The van der Waals surface area contributed by atoms with Gasteiger partial charge in [-0.15, -0.1) is 0 Å². The first-order valence-electron chi connectivity index (χ1n) is 7.65. The van der Waals surface area contributed by atoms with Crippen molar-refractivity contribution in [2.75, 3.05) is 19.7 Å². The first-order valence-corrected chi connectivity index (χ1v) is 7.65. The zero-order valence-corrected chi connectivity index (χ0v) is 12.9. The fourth-order valence-corrected chi connectivity index (χ4v) is 2.64. The molecule has 1 unspecified atom stereocenters. The van der Waals surface area contributed by atoms with E-state index in [2.05, 4.69) is 18.8 Å². The van der Waals surface area contributed by atoms with E-state index in [1.165, 1.54) is 0 Å². The second-order valence-electron chi connectivity index (χ2n) is 5.62.